The molecule has 1 heteroatoms. The van der Waals surface area contributed by atoms with Gasteiger partial charge >= 0.3 is 0 Å². The van der Waals surface area contributed by atoms with E-state index in [2.05, 4.69) is 13.8 Å². The molecule has 0 spiro atoms. The quantitative estimate of drug-likeness (QED) is 0.675. The summed E-state index contributed by atoms with van der Waals surface area (Å²) in [6.45, 7) is 5.11. The molecule has 114 valence electrons. The maximum atomic E-state index is 10.6. The second-order valence-corrected chi connectivity index (χ2v) is 9.12. The average molecular weight is 276 g/mol. The number of hydrogen-bond acceptors (Lipinski definition) is 1. The van der Waals surface area contributed by atoms with Gasteiger partial charge < -0.3 is 5.11 Å². The Hall–Kier alpha value is -0.0400. The lowest BCUT2D eigenvalue weighted by Crippen LogP contribution is -2.53. The van der Waals surface area contributed by atoms with Gasteiger partial charge in [-0.1, -0.05) is 26.7 Å². The highest BCUT2D eigenvalue weighted by Gasteiger charge is 2.59. The summed E-state index contributed by atoms with van der Waals surface area (Å²) in [5.74, 6) is 3.39. The predicted octanol–water partition coefficient (Wildman–Crippen LogP) is 4.78. The van der Waals surface area contributed by atoms with Crippen molar-refractivity contribution in [1.82, 2.24) is 0 Å². The van der Waals surface area contributed by atoms with Crippen molar-refractivity contribution in [2.24, 2.45) is 34.5 Å². The maximum Gasteiger partial charge on any atom is 0.0576 e. The van der Waals surface area contributed by atoms with Gasteiger partial charge in [0.1, 0.15) is 0 Å². The zero-order chi connectivity index (χ0) is 14.0. The lowest BCUT2D eigenvalue weighted by atomic mass is 9.45. The van der Waals surface area contributed by atoms with Gasteiger partial charge in [-0.2, -0.15) is 0 Å². The highest BCUT2D eigenvalue weighted by atomic mass is 16.3. The highest BCUT2D eigenvalue weighted by Crippen LogP contribution is 2.66. The van der Waals surface area contributed by atoms with Crippen LogP contribution < -0.4 is 0 Å². The number of rotatable bonds is 0. The molecule has 0 aromatic carbocycles. The van der Waals surface area contributed by atoms with E-state index >= 15 is 0 Å². The Labute approximate surface area is 124 Å². The Balaban J connectivity index is 1.66. The minimum atomic E-state index is 0.0107. The second-order valence-electron chi connectivity index (χ2n) is 9.12. The first kappa shape index (κ1) is 13.6. The predicted molar refractivity (Wildman–Crippen MR) is 82.4 cm³/mol. The molecule has 4 aliphatic rings. The van der Waals surface area contributed by atoms with E-state index in [1.807, 2.05) is 0 Å². The molecule has 20 heavy (non-hydrogen) atoms. The topological polar surface area (TPSA) is 20.2 Å². The van der Waals surface area contributed by atoms with Gasteiger partial charge in [0.25, 0.3) is 0 Å². The first-order chi connectivity index (χ1) is 9.55. The summed E-state index contributed by atoms with van der Waals surface area (Å²) in [6.07, 6.45) is 14.0. The normalized spacial score (nSPS) is 58.6. The Kier molecular flexibility index (Phi) is 3.05. The molecule has 0 aromatic rings. The van der Waals surface area contributed by atoms with Crippen molar-refractivity contribution in [3.8, 4) is 0 Å². The number of aliphatic hydroxyl groups excluding tert-OH is 1. The zero-order valence-corrected chi connectivity index (χ0v) is 13.4. The lowest BCUT2D eigenvalue weighted by Gasteiger charge is -2.60. The third-order valence-electron chi connectivity index (χ3n) is 8.38. The molecule has 0 heterocycles. The van der Waals surface area contributed by atoms with E-state index in [1.54, 1.807) is 0 Å². The Bertz CT molecular complexity index is 391. The van der Waals surface area contributed by atoms with Gasteiger partial charge in [0, 0.05) is 0 Å². The van der Waals surface area contributed by atoms with E-state index in [0.717, 1.165) is 24.2 Å². The molecule has 4 saturated carbocycles. The van der Waals surface area contributed by atoms with Crippen LogP contribution in [0, 0.1) is 34.5 Å². The maximum absolute atomic E-state index is 10.6. The Morgan fingerprint density at radius 3 is 2.50 bits per heavy atom. The van der Waals surface area contributed by atoms with Crippen LogP contribution in [-0.2, 0) is 0 Å². The van der Waals surface area contributed by atoms with Crippen LogP contribution in [0.1, 0.15) is 78.1 Å². The van der Waals surface area contributed by atoms with E-state index < -0.39 is 0 Å². The lowest BCUT2D eigenvalue weighted by molar-refractivity contribution is -0.122. The molecule has 0 radical (unpaired) electrons. The standard InChI is InChI=1S/C19H32O/c1-18-11-8-15-14(17(18)16(20)9-12-18)7-6-13-5-3-4-10-19(13,15)2/h13-17,20H,3-12H2,1-2H3/t13-,14-,15+,16+,17+,18+,19-/m1/s1. The summed E-state index contributed by atoms with van der Waals surface area (Å²) >= 11 is 0. The first-order valence-corrected chi connectivity index (χ1v) is 9.23. The van der Waals surface area contributed by atoms with E-state index in [1.165, 1.54) is 57.8 Å². The van der Waals surface area contributed by atoms with Crippen LogP contribution in [0.5, 0.6) is 0 Å². The molecule has 1 N–H and O–H groups in total. The fourth-order valence-corrected chi connectivity index (χ4v) is 7.32. The average Bonchev–Trinajstić information content (AvgIpc) is 2.74. The van der Waals surface area contributed by atoms with E-state index in [-0.39, 0.29) is 6.10 Å². The molecule has 1 nitrogen and oxygen atoms in total. The smallest absolute Gasteiger partial charge is 0.0576 e. The second kappa shape index (κ2) is 4.48. The third kappa shape index (κ3) is 1.71. The molecule has 0 unspecified atom stereocenters. The molecule has 0 aromatic heterocycles. The summed E-state index contributed by atoms with van der Waals surface area (Å²) in [5.41, 5.74) is 1.09. The van der Waals surface area contributed by atoms with Crippen molar-refractivity contribution in [1.29, 1.82) is 0 Å². The van der Waals surface area contributed by atoms with Crippen molar-refractivity contribution in [2.75, 3.05) is 0 Å². The van der Waals surface area contributed by atoms with E-state index in [4.69, 9.17) is 0 Å². The molecule has 0 aliphatic heterocycles. The third-order valence-corrected chi connectivity index (χ3v) is 8.38. The van der Waals surface area contributed by atoms with Crippen molar-refractivity contribution < 1.29 is 5.11 Å². The highest BCUT2D eigenvalue weighted by molar-refractivity contribution is 5.08. The fourth-order valence-electron chi connectivity index (χ4n) is 7.32. The fraction of sp³-hybridized carbons (Fsp3) is 1.00. The van der Waals surface area contributed by atoms with E-state index in [0.29, 0.717) is 16.7 Å². The van der Waals surface area contributed by atoms with Crippen molar-refractivity contribution in [3.05, 3.63) is 0 Å². The number of fused-ring (bicyclic) bond motifs is 5. The molecular weight excluding hydrogens is 244 g/mol. The molecular formula is C19H32O. The van der Waals surface area contributed by atoms with Crippen LogP contribution in [0.4, 0.5) is 0 Å². The minimum absolute atomic E-state index is 0.0107. The van der Waals surface area contributed by atoms with Gasteiger partial charge in [0.2, 0.25) is 0 Å². The number of hydrogen-bond donors (Lipinski definition) is 1. The largest absolute Gasteiger partial charge is 0.393 e. The van der Waals surface area contributed by atoms with Crippen molar-refractivity contribution >= 4 is 0 Å². The molecule has 7 atom stereocenters. The molecule has 0 bridgehead atoms. The molecule has 0 amide bonds. The van der Waals surface area contributed by atoms with Crippen LogP contribution in [0.3, 0.4) is 0 Å². The molecule has 4 aliphatic carbocycles. The van der Waals surface area contributed by atoms with Crippen LogP contribution in [0.15, 0.2) is 0 Å². The molecule has 4 rings (SSSR count). The van der Waals surface area contributed by atoms with Gasteiger partial charge in [-0.05, 0) is 85.9 Å². The van der Waals surface area contributed by atoms with E-state index in [9.17, 15) is 5.11 Å². The van der Waals surface area contributed by atoms with Gasteiger partial charge in [0.15, 0.2) is 0 Å². The summed E-state index contributed by atoms with van der Waals surface area (Å²) in [4.78, 5) is 0. The summed E-state index contributed by atoms with van der Waals surface area (Å²) in [6, 6.07) is 0. The summed E-state index contributed by atoms with van der Waals surface area (Å²) in [7, 11) is 0. The molecule has 4 fully saturated rings. The Morgan fingerprint density at radius 1 is 0.850 bits per heavy atom. The summed E-state index contributed by atoms with van der Waals surface area (Å²) < 4.78 is 0. The van der Waals surface area contributed by atoms with Crippen LogP contribution in [-0.4, -0.2) is 11.2 Å². The van der Waals surface area contributed by atoms with Gasteiger partial charge in [-0.25, -0.2) is 0 Å². The summed E-state index contributed by atoms with van der Waals surface area (Å²) in [5, 5.41) is 10.6. The first-order valence-electron chi connectivity index (χ1n) is 9.23. The van der Waals surface area contributed by atoms with Crippen LogP contribution in [0.25, 0.3) is 0 Å². The van der Waals surface area contributed by atoms with Gasteiger partial charge in [0.05, 0.1) is 6.10 Å². The Morgan fingerprint density at radius 2 is 1.65 bits per heavy atom. The van der Waals surface area contributed by atoms with Gasteiger partial charge in [-0.3, -0.25) is 0 Å². The minimum Gasteiger partial charge on any atom is -0.393 e. The SMILES string of the molecule is C[C@]12CC[C@H](O)[C@@H]1[C@@H]1CC[C@H]3CCCC[C@@]3(C)[C@H]1CC2. The van der Waals surface area contributed by atoms with Crippen LogP contribution in [0.2, 0.25) is 0 Å². The zero-order valence-electron chi connectivity index (χ0n) is 13.4. The number of aliphatic hydroxyl groups is 1. The van der Waals surface area contributed by atoms with Crippen molar-refractivity contribution in [2.45, 2.75) is 84.2 Å². The van der Waals surface area contributed by atoms with Crippen LogP contribution >= 0.6 is 0 Å². The molecule has 0 saturated heterocycles. The van der Waals surface area contributed by atoms with Crippen molar-refractivity contribution in [3.63, 3.8) is 0 Å². The monoisotopic (exact) mass is 276 g/mol. The van der Waals surface area contributed by atoms with Gasteiger partial charge in [-0.15, -0.1) is 0 Å².